The highest BCUT2D eigenvalue weighted by Crippen LogP contribution is 2.55. The first kappa shape index (κ1) is 23.7. The van der Waals surface area contributed by atoms with E-state index in [9.17, 15) is 4.79 Å². The van der Waals surface area contributed by atoms with Crippen LogP contribution in [0.5, 0.6) is 0 Å². The van der Waals surface area contributed by atoms with Gasteiger partial charge >= 0.3 is 6.09 Å². The Balaban J connectivity index is 1.68. The lowest BCUT2D eigenvalue weighted by Gasteiger charge is -2.50. The summed E-state index contributed by atoms with van der Waals surface area (Å²) in [5.41, 5.74) is 6.85. The molecule has 5 heteroatoms. The number of amides is 1. The van der Waals surface area contributed by atoms with Crippen LogP contribution >= 0.6 is 11.6 Å². The zero-order valence-electron chi connectivity index (χ0n) is 20.5. The number of rotatable bonds is 6. The van der Waals surface area contributed by atoms with Gasteiger partial charge in [0.15, 0.2) is 0 Å². The number of hydrogen-bond acceptors (Lipinski definition) is 3. The molecule has 0 unspecified atom stereocenters. The molecule has 2 aliphatic rings. The minimum absolute atomic E-state index is 0.101. The van der Waals surface area contributed by atoms with Crippen molar-refractivity contribution in [3.8, 4) is 0 Å². The van der Waals surface area contributed by atoms with E-state index >= 15 is 0 Å². The van der Waals surface area contributed by atoms with Crippen LogP contribution in [0.3, 0.4) is 0 Å². The van der Waals surface area contributed by atoms with Crippen LogP contribution in [0.15, 0.2) is 72.8 Å². The summed E-state index contributed by atoms with van der Waals surface area (Å²) in [4.78, 5) is 15.2. The zero-order chi connectivity index (χ0) is 24.5. The van der Waals surface area contributed by atoms with E-state index in [-0.39, 0.29) is 10.8 Å². The van der Waals surface area contributed by atoms with Crippen molar-refractivity contribution in [1.82, 2.24) is 0 Å². The van der Waals surface area contributed by atoms with Crippen LogP contribution in [0.1, 0.15) is 55.4 Å². The van der Waals surface area contributed by atoms with Crippen LogP contribution in [0.2, 0.25) is 0 Å². The predicted molar refractivity (Wildman–Crippen MR) is 144 cm³/mol. The molecule has 182 valence electrons. The summed E-state index contributed by atoms with van der Waals surface area (Å²) < 4.78 is 5.41. The Hall–Kier alpha value is -2.98. The van der Waals surface area contributed by atoms with Gasteiger partial charge in [0.05, 0.1) is 12.3 Å². The molecule has 1 N–H and O–H groups in total. The molecule has 0 saturated heterocycles. The molecule has 0 spiro atoms. The highest BCUT2D eigenvalue weighted by Gasteiger charge is 2.46. The maximum atomic E-state index is 12.7. The topological polar surface area (TPSA) is 41.6 Å². The molecule has 0 bridgehead atoms. The largest absolute Gasteiger partial charge is 0.449 e. The van der Waals surface area contributed by atoms with Crippen molar-refractivity contribution in [3.05, 3.63) is 95.1 Å². The highest BCUT2D eigenvalue weighted by atomic mass is 35.5. The van der Waals surface area contributed by atoms with Gasteiger partial charge < -0.3 is 9.64 Å². The number of benzene rings is 3. The lowest BCUT2D eigenvalue weighted by atomic mass is 9.64. The molecule has 0 saturated carbocycles. The summed E-state index contributed by atoms with van der Waals surface area (Å²) in [7, 11) is 0. The van der Waals surface area contributed by atoms with Gasteiger partial charge in [-0.1, -0.05) is 80.6 Å². The molecule has 2 heterocycles. The fourth-order valence-electron chi connectivity index (χ4n) is 5.91. The number of carbonyl (C=O) groups is 1. The molecule has 3 aromatic carbocycles. The lowest BCUT2D eigenvalue weighted by Crippen LogP contribution is -2.47. The maximum Gasteiger partial charge on any atom is 0.411 e. The van der Waals surface area contributed by atoms with E-state index in [4.69, 9.17) is 16.3 Å². The van der Waals surface area contributed by atoms with E-state index in [0.717, 1.165) is 31.6 Å². The van der Waals surface area contributed by atoms with Crippen LogP contribution < -0.4 is 10.2 Å². The van der Waals surface area contributed by atoms with Crippen molar-refractivity contribution in [2.45, 2.75) is 43.9 Å². The molecule has 2 aliphatic heterocycles. The molecule has 0 aliphatic carbocycles. The zero-order valence-corrected chi connectivity index (χ0v) is 21.3. The first-order chi connectivity index (χ1) is 17.0. The van der Waals surface area contributed by atoms with Gasteiger partial charge in [-0.2, -0.15) is 0 Å². The lowest BCUT2D eigenvalue weighted by molar-refractivity contribution is 0.162. The van der Waals surface area contributed by atoms with Gasteiger partial charge in [0.25, 0.3) is 0 Å². The molecule has 35 heavy (non-hydrogen) atoms. The first-order valence-electron chi connectivity index (χ1n) is 12.5. The van der Waals surface area contributed by atoms with Gasteiger partial charge in [0.1, 0.15) is 0 Å². The summed E-state index contributed by atoms with van der Waals surface area (Å²) in [6.07, 6.45) is 2.24. The quantitative estimate of drug-likeness (QED) is 0.297. The fraction of sp³-hybridized carbons (Fsp3) is 0.367. The third-order valence-electron chi connectivity index (χ3n) is 7.97. The van der Waals surface area contributed by atoms with Crippen LogP contribution in [-0.2, 0) is 15.6 Å². The van der Waals surface area contributed by atoms with Crippen molar-refractivity contribution in [1.29, 1.82) is 0 Å². The standard InChI is InChI=1S/C30H33ClN2O2/c1-29(22-10-5-3-6-11-22)16-19-33-20-17-30(2,23-12-7-4-8-13-23)26-25(15-14-24(29)27(26)33)32-28(34)35-21-9-18-31/h3-8,10-15H,9,16-21H2,1-2H3,(H,32,34)/t29-,30+/m1/s1. The van der Waals surface area contributed by atoms with Gasteiger partial charge in [0, 0.05) is 41.1 Å². The van der Waals surface area contributed by atoms with Gasteiger partial charge in [-0.05, 0) is 42.0 Å². The van der Waals surface area contributed by atoms with Crippen molar-refractivity contribution in [3.63, 3.8) is 0 Å². The number of carbonyl (C=O) groups excluding carboxylic acids is 1. The van der Waals surface area contributed by atoms with E-state index in [1.165, 1.54) is 27.9 Å². The van der Waals surface area contributed by atoms with E-state index in [2.05, 4.69) is 96.9 Å². The number of hydrogen-bond donors (Lipinski definition) is 1. The Morgan fingerprint density at radius 2 is 1.51 bits per heavy atom. The summed E-state index contributed by atoms with van der Waals surface area (Å²) in [5.74, 6) is 0.469. The van der Waals surface area contributed by atoms with Crippen molar-refractivity contribution in [2.75, 3.05) is 35.8 Å². The predicted octanol–water partition coefficient (Wildman–Crippen LogP) is 7.09. The summed E-state index contributed by atoms with van der Waals surface area (Å²) in [5, 5.41) is 3.09. The molecule has 0 aromatic heterocycles. The molecule has 0 radical (unpaired) electrons. The third kappa shape index (κ3) is 4.18. The SMILES string of the molecule is C[C@@]1(c2ccccc2)CCN2CC[C@](C)(c3ccccc3)c3ccc(NC(=O)OCCCCl)c1c32. The van der Waals surface area contributed by atoms with Gasteiger partial charge in [-0.25, -0.2) is 4.79 Å². The highest BCUT2D eigenvalue weighted by molar-refractivity contribution is 6.17. The number of ether oxygens (including phenoxy) is 1. The minimum Gasteiger partial charge on any atom is -0.449 e. The maximum absolute atomic E-state index is 12.7. The average molecular weight is 489 g/mol. The Morgan fingerprint density at radius 3 is 2.14 bits per heavy atom. The molecular formula is C30H33ClN2O2. The van der Waals surface area contributed by atoms with Crippen molar-refractivity contribution >= 4 is 29.1 Å². The van der Waals surface area contributed by atoms with Crippen LogP contribution in [0, 0.1) is 0 Å². The Morgan fingerprint density at radius 1 is 0.914 bits per heavy atom. The van der Waals surface area contributed by atoms with E-state index < -0.39 is 6.09 Å². The molecule has 0 fully saturated rings. The number of nitrogens with one attached hydrogen (secondary N) is 1. The normalized spacial score (nSPS) is 22.9. The van der Waals surface area contributed by atoms with Gasteiger partial charge in [0.2, 0.25) is 0 Å². The van der Waals surface area contributed by atoms with Gasteiger partial charge in [-0.3, -0.25) is 5.32 Å². The Labute approximate surface area is 213 Å². The van der Waals surface area contributed by atoms with Crippen LogP contribution in [-0.4, -0.2) is 31.7 Å². The third-order valence-corrected chi connectivity index (χ3v) is 8.24. The molecular weight excluding hydrogens is 456 g/mol. The minimum atomic E-state index is -0.430. The second-order valence-electron chi connectivity index (χ2n) is 10.1. The summed E-state index contributed by atoms with van der Waals surface area (Å²) >= 11 is 5.76. The number of halogens is 1. The first-order valence-corrected chi connectivity index (χ1v) is 13.0. The second kappa shape index (κ2) is 9.58. The summed E-state index contributed by atoms with van der Waals surface area (Å²) in [6, 6.07) is 25.8. The van der Waals surface area contributed by atoms with E-state index in [1.807, 2.05) is 0 Å². The fourth-order valence-corrected chi connectivity index (χ4v) is 6.01. The number of alkyl halides is 1. The van der Waals surface area contributed by atoms with Crippen molar-refractivity contribution in [2.24, 2.45) is 0 Å². The monoisotopic (exact) mass is 488 g/mol. The Kier molecular flexibility index (Phi) is 6.50. The van der Waals surface area contributed by atoms with Gasteiger partial charge in [-0.15, -0.1) is 11.6 Å². The smallest absolute Gasteiger partial charge is 0.411 e. The van der Waals surface area contributed by atoms with E-state index in [0.29, 0.717) is 18.9 Å². The molecule has 2 atom stereocenters. The van der Waals surface area contributed by atoms with Crippen LogP contribution in [0.25, 0.3) is 0 Å². The second-order valence-corrected chi connectivity index (χ2v) is 10.4. The molecule has 1 amide bonds. The number of nitrogens with zero attached hydrogens (tertiary/aromatic N) is 1. The molecule has 5 rings (SSSR count). The number of anilines is 2. The summed E-state index contributed by atoms with van der Waals surface area (Å²) in [6.45, 7) is 6.95. The van der Waals surface area contributed by atoms with Crippen LogP contribution in [0.4, 0.5) is 16.2 Å². The molecule has 3 aromatic rings. The molecule has 4 nitrogen and oxygen atoms in total. The van der Waals surface area contributed by atoms with Crippen molar-refractivity contribution < 1.29 is 9.53 Å². The average Bonchev–Trinajstić information content (AvgIpc) is 2.89. The van der Waals surface area contributed by atoms with E-state index in [1.54, 1.807) is 0 Å². The Bertz CT molecular complexity index is 1200.